The van der Waals surface area contributed by atoms with E-state index in [1.165, 1.54) is 5.56 Å². The molecule has 0 bridgehead atoms. The molecular weight excluding hydrogens is 228 g/mol. The molecule has 98 valence electrons. The van der Waals surface area contributed by atoms with Crippen LogP contribution in [0.2, 0.25) is 0 Å². The molecule has 0 atom stereocenters. The van der Waals surface area contributed by atoms with Gasteiger partial charge >= 0.3 is 0 Å². The predicted octanol–water partition coefficient (Wildman–Crippen LogP) is 1.06. The van der Waals surface area contributed by atoms with E-state index in [0.717, 1.165) is 38.3 Å². The Balaban J connectivity index is 1.80. The highest BCUT2D eigenvalue weighted by Gasteiger charge is 2.16. The third-order valence-electron chi connectivity index (χ3n) is 3.16. The van der Waals surface area contributed by atoms with Crippen LogP contribution in [0.4, 0.5) is 0 Å². The number of hydrogen-bond donors (Lipinski definition) is 1. The van der Waals surface area contributed by atoms with E-state index in [4.69, 9.17) is 4.74 Å². The molecule has 0 spiro atoms. The summed E-state index contributed by atoms with van der Waals surface area (Å²) in [6.07, 6.45) is 1.01. The number of hydrogen-bond acceptors (Lipinski definition) is 3. The fraction of sp³-hybridized carbons (Fsp3) is 0.500. The van der Waals surface area contributed by atoms with Crippen molar-refractivity contribution in [3.05, 3.63) is 29.8 Å². The van der Waals surface area contributed by atoms with Gasteiger partial charge in [-0.2, -0.15) is 0 Å². The van der Waals surface area contributed by atoms with Gasteiger partial charge in [0, 0.05) is 26.2 Å². The molecule has 2 rings (SSSR count). The Kier molecular flexibility index (Phi) is 4.59. The molecule has 18 heavy (non-hydrogen) atoms. The largest absolute Gasteiger partial charge is 0.484 e. The summed E-state index contributed by atoms with van der Waals surface area (Å²) >= 11 is 0. The number of ether oxygens (including phenoxy) is 1. The summed E-state index contributed by atoms with van der Waals surface area (Å²) in [5, 5.41) is 3.22. The molecule has 4 nitrogen and oxygen atoms in total. The van der Waals surface area contributed by atoms with Crippen molar-refractivity contribution >= 4 is 5.91 Å². The number of piperazine rings is 1. The number of rotatable bonds is 4. The van der Waals surface area contributed by atoms with Gasteiger partial charge in [0.2, 0.25) is 0 Å². The summed E-state index contributed by atoms with van der Waals surface area (Å²) in [6, 6.07) is 7.91. The number of carbonyl (C=O) groups excluding carboxylic acids is 1. The van der Waals surface area contributed by atoms with Crippen LogP contribution in [-0.2, 0) is 11.2 Å². The number of benzene rings is 1. The van der Waals surface area contributed by atoms with Gasteiger partial charge in [-0.05, 0) is 24.1 Å². The van der Waals surface area contributed by atoms with E-state index in [1.807, 2.05) is 29.2 Å². The molecule has 0 radical (unpaired) electrons. The van der Waals surface area contributed by atoms with Crippen LogP contribution in [0.5, 0.6) is 5.75 Å². The molecule has 1 heterocycles. The van der Waals surface area contributed by atoms with E-state index in [9.17, 15) is 4.79 Å². The molecule has 1 fully saturated rings. The number of nitrogens with zero attached hydrogens (tertiary/aromatic N) is 1. The SMILES string of the molecule is CCc1ccc(OCC(=O)N2CCNCC2)cc1. The molecule has 4 heteroatoms. The molecule has 0 aromatic heterocycles. The average Bonchev–Trinajstić information content (AvgIpc) is 2.46. The number of carbonyl (C=O) groups is 1. The fourth-order valence-corrected chi connectivity index (χ4v) is 1.97. The van der Waals surface area contributed by atoms with Gasteiger partial charge in [-0.15, -0.1) is 0 Å². The van der Waals surface area contributed by atoms with E-state index >= 15 is 0 Å². The van der Waals surface area contributed by atoms with E-state index < -0.39 is 0 Å². The Morgan fingerprint density at radius 2 is 1.94 bits per heavy atom. The molecule has 1 N–H and O–H groups in total. The van der Waals surface area contributed by atoms with Gasteiger partial charge in [-0.3, -0.25) is 4.79 Å². The van der Waals surface area contributed by atoms with Crippen molar-refractivity contribution in [1.29, 1.82) is 0 Å². The third kappa shape index (κ3) is 3.47. The molecule has 0 aliphatic carbocycles. The topological polar surface area (TPSA) is 41.6 Å². The van der Waals surface area contributed by atoms with Crippen molar-refractivity contribution in [2.45, 2.75) is 13.3 Å². The van der Waals surface area contributed by atoms with Gasteiger partial charge in [0.25, 0.3) is 5.91 Å². The lowest BCUT2D eigenvalue weighted by atomic mass is 10.2. The molecule has 0 unspecified atom stereocenters. The van der Waals surface area contributed by atoms with Crippen LogP contribution in [0.1, 0.15) is 12.5 Å². The van der Waals surface area contributed by atoms with Crippen molar-refractivity contribution in [3.63, 3.8) is 0 Å². The number of aryl methyl sites for hydroxylation is 1. The Morgan fingerprint density at radius 1 is 1.28 bits per heavy atom. The van der Waals surface area contributed by atoms with Crippen molar-refractivity contribution in [2.24, 2.45) is 0 Å². The second kappa shape index (κ2) is 6.40. The summed E-state index contributed by atoms with van der Waals surface area (Å²) < 4.78 is 5.51. The first-order valence-corrected chi connectivity index (χ1v) is 6.50. The highest BCUT2D eigenvalue weighted by molar-refractivity contribution is 5.77. The predicted molar refractivity (Wildman–Crippen MR) is 70.8 cm³/mol. The normalized spacial score (nSPS) is 15.5. The molecule has 1 aromatic rings. The molecule has 1 aromatic carbocycles. The summed E-state index contributed by atoms with van der Waals surface area (Å²) in [7, 11) is 0. The zero-order valence-corrected chi connectivity index (χ0v) is 10.8. The number of amides is 1. The molecule has 1 saturated heterocycles. The monoisotopic (exact) mass is 248 g/mol. The van der Waals surface area contributed by atoms with Gasteiger partial charge < -0.3 is 15.0 Å². The van der Waals surface area contributed by atoms with Crippen molar-refractivity contribution in [1.82, 2.24) is 10.2 Å². The molecule has 1 aliphatic heterocycles. The molecule has 1 amide bonds. The maximum atomic E-state index is 11.9. The van der Waals surface area contributed by atoms with Crippen LogP contribution in [0.3, 0.4) is 0 Å². The Morgan fingerprint density at radius 3 is 2.56 bits per heavy atom. The minimum absolute atomic E-state index is 0.0658. The second-order valence-electron chi connectivity index (χ2n) is 4.42. The zero-order valence-electron chi connectivity index (χ0n) is 10.8. The third-order valence-corrected chi connectivity index (χ3v) is 3.16. The van der Waals surface area contributed by atoms with Crippen LogP contribution in [-0.4, -0.2) is 43.6 Å². The first-order chi connectivity index (χ1) is 8.79. The van der Waals surface area contributed by atoms with Gasteiger partial charge in [0.1, 0.15) is 5.75 Å². The van der Waals surface area contributed by atoms with Crippen molar-refractivity contribution in [3.8, 4) is 5.75 Å². The minimum Gasteiger partial charge on any atom is -0.484 e. The minimum atomic E-state index is 0.0658. The Labute approximate surface area is 108 Å². The quantitative estimate of drug-likeness (QED) is 0.866. The summed E-state index contributed by atoms with van der Waals surface area (Å²) in [6.45, 7) is 5.54. The smallest absolute Gasteiger partial charge is 0.260 e. The molecular formula is C14H20N2O2. The zero-order chi connectivity index (χ0) is 12.8. The lowest BCUT2D eigenvalue weighted by Crippen LogP contribution is -2.47. The van der Waals surface area contributed by atoms with Crippen molar-refractivity contribution < 1.29 is 9.53 Å². The second-order valence-corrected chi connectivity index (χ2v) is 4.42. The lowest BCUT2D eigenvalue weighted by molar-refractivity contribution is -0.133. The molecule has 1 aliphatic rings. The van der Waals surface area contributed by atoms with E-state index in [-0.39, 0.29) is 12.5 Å². The average molecular weight is 248 g/mol. The van der Waals surface area contributed by atoms with E-state index in [0.29, 0.717) is 0 Å². The number of nitrogens with one attached hydrogen (secondary N) is 1. The van der Waals surface area contributed by atoms with Crippen LogP contribution >= 0.6 is 0 Å². The highest BCUT2D eigenvalue weighted by Crippen LogP contribution is 2.12. The first kappa shape index (κ1) is 12.9. The van der Waals surface area contributed by atoms with Crippen LogP contribution in [0.25, 0.3) is 0 Å². The fourth-order valence-electron chi connectivity index (χ4n) is 1.97. The first-order valence-electron chi connectivity index (χ1n) is 6.50. The maximum absolute atomic E-state index is 11.9. The van der Waals surface area contributed by atoms with Gasteiger partial charge in [0.05, 0.1) is 0 Å². The summed E-state index contributed by atoms with van der Waals surface area (Å²) in [5.41, 5.74) is 1.27. The van der Waals surface area contributed by atoms with E-state index in [2.05, 4.69) is 12.2 Å². The summed E-state index contributed by atoms with van der Waals surface area (Å²) in [4.78, 5) is 13.7. The van der Waals surface area contributed by atoms with Gasteiger partial charge in [-0.25, -0.2) is 0 Å². The van der Waals surface area contributed by atoms with Gasteiger partial charge in [0.15, 0.2) is 6.61 Å². The Hall–Kier alpha value is -1.55. The van der Waals surface area contributed by atoms with Crippen LogP contribution < -0.4 is 10.1 Å². The van der Waals surface area contributed by atoms with Gasteiger partial charge in [-0.1, -0.05) is 19.1 Å². The van der Waals surface area contributed by atoms with E-state index in [1.54, 1.807) is 0 Å². The van der Waals surface area contributed by atoms with Crippen LogP contribution in [0, 0.1) is 0 Å². The molecule has 0 saturated carbocycles. The van der Waals surface area contributed by atoms with Crippen molar-refractivity contribution in [2.75, 3.05) is 32.8 Å². The lowest BCUT2D eigenvalue weighted by Gasteiger charge is -2.27. The van der Waals surface area contributed by atoms with Crippen LogP contribution in [0.15, 0.2) is 24.3 Å². The maximum Gasteiger partial charge on any atom is 0.260 e. The Bertz CT molecular complexity index is 383. The highest BCUT2D eigenvalue weighted by atomic mass is 16.5. The summed E-state index contributed by atoms with van der Waals surface area (Å²) in [5.74, 6) is 0.826. The standard InChI is InChI=1S/C14H20N2O2/c1-2-12-3-5-13(6-4-12)18-11-14(17)16-9-7-15-8-10-16/h3-6,15H,2,7-11H2,1H3.